The molecule has 2 aliphatic rings. The van der Waals surface area contributed by atoms with Crippen molar-refractivity contribution in [3.8, 4) is 0 Å². The Morgan fingerprint density at radius 1 is 1.26 bits per heavy atom. The van der Waals surface area contributed by atoms with Gasteiger partial charge in [-0.1, -0.05) is 30.9 Å². The maximum Gasteiger partial charge on any atom is 0.138 e. The number of hydrogen-bond acceptors (Lipinski definition) is 4. The quantitative estimate of drug-likeness (QED) is 0.763. The van der Waals surface area contributed by atoms with E-state index < -0.39 is 0 Å². The molecule has 4 nitrogen and oxygen atoms in total. The fourth-order valence-corrected chi connectivity index (χ4v) is 3.42. The van der Waals surface area contributed by atoms with Gasteiger partial charge >= 0.3 is 0 Å². The number of nitrogens with zero attached hydrogens (tertiary/aromatic N) is 2. The Balaban J connectivity index is 1.82. The molecule has 0 radical (unpaired) electrons. The summed E-state index contributed by atoms with van der Waals surface area (Å²) >= 11 is 0. The number of allylic oxidation sites excluding steroid dienone is 3. The summed E-state index contributed by atoms with van der Waals surface area (Å²) in [6.07, 6.45) is 10.3. The molecule has 3 unspecified atom stereocenters. The van der Waals surface area contributed by atoms with Gasteiger partial charge in [0.2, 0.25) is 0 Å². The van der Waals surface area contributed by atoms with E-state index in [1.165, 1.54) is 5.70 Å². The van der Waals surface area contributed by atoms with Crippen molar-refractivity contribution in [3.63, 3.8) is 0 Å². The molecule has 1 aromatic carbocycles. The average molecular weight is 364 g/mol. The number of nitrogens with one attached hydrogen (secondary N) is 1. The third-order valence-corrected chi connectivity index (χ3v) is 4.95. The summed E-state index contributed by atoms with van der Waals surface area (Å²) in [5.74, 6) is 0.885. The zero-order chi connectivity index (χ0) is 19.2. The summed E-state index contributed by atoms with van der Waals surface area (Å²) in [6, 6.07) is 10.2. The van der Waals surface area contributed by atoms with Crippen LogP contribution >= 0.6 is 0 Å². The van der Waals surface area contributed by atoms with Gasteiger partial charge in [0.05, 0.1) is 23.5 Å². The van der Waals surface area contributed by atoms with E-state index in [9.17, 15) is 0 Å². The van der Waals surface area contributed by atoms with Crippen LogP contribution in [0.1, 0.15) is 20.8 Å². The van der Waals surface area contributed by atoms with Crippen LogP contribution in [0.25, 0.3) is 0 Å². The van der Waals surface area contributed by atoms with Gasteiger partial charge in [0.25, 0.3) is 0 Å². The Hall–Kier alpha value is -2.59. The number of fused-ring (bicyclic) bond motifs is 1. The summed E-state index contributed by atoms with van der Waals surface area (Å²) in [7, 11) is 0. The van der Waals surface area contributed by atoms with E-state index in [1.54, 1.807) is 6.08 Å². The largest absolute Gasteiger partial charge is 0.487 e. The molecule has 0 amide bonds. The van der Waals surface area contributed by atoms with E-state index in [4.69, 9.17) is 4.74 Å². The smallest absolute Gasteiger partial charge is 0.138 e. The highest BCUT2D eigenvalue weighted by Crippen LogP contribution is 2.26. The maximum atomic E-state index is 6.36. The number of benzene rings is 1. The lowest BCUT2D eigenvalue weighted by Crippen LogP contribution is -2.51. The van der Waals surface area contributed by atoms with E-state index in [0.717, 1.165) is 30.2 Å². The maximum absolute atomic E-state index is 6.36. The predicted octanol–water partition coefficient (Wildman–Crippen LogP) is 4.37. The van der Waals surface area contributed by atoms with Crippen molar-refractivity contribution in [2.24, 2.45) is 4.99 Å². The molecular weight excluding hydrogens is 334 g/mol. The zero-order valence-corrected chi connectivity index (χ0v) is 16.4. The van der Waals surface area contributed by atoms with E-state index in [0.29, 0.717) is 0 Å². The third-order valence-electron chi connectivity index (χ3n) is 4.95. The normalized spacial score (nSPS) is 26.2. The van der Waals surface area contributed by atoms with Gasteiger partial charge in [-0.2, -0.15) is 0 Å². The van der Waals surface area contributed by atoms with E-state index in [2.05, 4.69) is 60.8 Å². The first-order chi connectivity index (χ1) is 13.1. The van der Waals surface area contributed by atoms with Gasteiger partial charge in [0, 0.05) is 24.9 Å². The van der Waals surface area contributed by atoms with Crippen molar-refractivity contribution in [1.82, 2.24) is 10.2 Å². The van der Waals surface area contributed by atoms with Gasteiger partial charge in [-0.15, -0.1) is 0 Å². The SMILES string of the molecule is C=CC(/C=C1/OC2C=C(N(CC)CC)C=CC2NC1C)=Nc1ccccc1. The minimum absolute atomic E-state index is 0.0177. The van der Waals surface area contributed by atoms with Crippen molar-refractivity contribution in [2.75, 3.05) is 13.1 Å². The number of aliphatic imine (C=N–C) groups is 1. The van der Waals surface area contributed by atoms with Crippen molar-refractivity contribution < 1.29 is 4.74 Å². The van der Waals surface area contributed by atoms with Crippen LogP contribution in [0.15, 0.2) is 83.7 Å². The van der Waals surface area contributed by atoms with Crippen LogP contribution in [-0.4, -0.2) is 41.9 Å². The first kappa shape index (κ1) is 19.2. The van der Waals surface area contributed by atoms with Crippen LogP contribution in [0.4, 0.5) is 5.69 Å². The summed E-state index contributed by atoms with van der Waals surface area (Å²) < 4.78 is 6.36. The Morgan fingerprint density at radius 3 is 2.67 bits per heavy atom. The molecule has 4 heteroatoms. The van der Waals surface area contributed by atoms with Crippen molar-refractivity contribution in [1.29, 1.82) is 0 Å². The lowest BCUT2D eigenvalue weighted by Gasteiger charge is -2.39. The van der Waals surface area contributed by atoms with Crippen LogP contribution in [-0.2, 0) is 4.74 Å². The lowest BCUT2D eigenvalue weighted by molar-refractivity contribution is 0.0746. The molecule has 1 aliphatic heterocycles. The number of para-hydroxylation sites is 1. The van der Waals surface area contributed by atoms with Crippen LogP contribution in [0.3, 0.4) is 0 Å². The average Bonchev–Trinajstić information content (AvgIpc) is 2.69. The van der Waals surface area contributed by atoms with E-state index in [-0.39, 0.29) is 18.2 Å². The van der Waals surface area contributed by atoms with E-state index in [1.807, 2.05) is 36.4 Å². The zero-order valence-electron chi connectivity index (χ0n) is 16.4. The summed E-state index contributed by atoms with van der Waals surface area (Å²) in [6.45, 7) is 12.3. The Bertz CT molecular complexity index is 772. The highest BCUT2D eigenvalue weighted by Gasteiger charge is 2.32. The molecular formula is C23H29N3O. The Labute approximate surface area is 162 Å². The second-order valence-electron chi connectivity index (χ2n) is 6.74. The molecule has 142 valence electrons. The van der Waals surface area contributed by atoms with E-state index >= 15 is 0 Å². The first-order valence-corrected chi connectivity index (χ1v) is 9.70. The topological polar surface area (TPSA) is 36.9 Å². The minimum Gasteiger partial charge on any atom is -0.487 e. The van der Waals surface area contributed by atoms with Gasteiger partial charge in [-0.3, -0.25) is 5.32 Å². The predicted molar refractivity (Wildman–Crippen MR) is 113 cm³/mol. The number of likely N-dealkylation sites (N-methyl/N-ethyl adjacent to an activating group) is 1. The lowest BCUT2D eigenvalue weighted by atomic mass is 9.98. The fraction of sp³-hybridized carbons (Fsp3) is 0.348. The highest BCUT2D eigenvalue weighted by molar-refractivity contribution is 6.05. The molecule has 1 aliphatic carbocycles. The first-order valence-electron chi connectivity index (χ1n) is 9.70. The molecule has 0 aromatic heterocycles. The number of hydrogen-bond donors (Lipinski definition) is 1. The second kappa shape index (κ2) is 8.87. The summed E-state index contributed by atoms with van der Waals surface area (Å²) in [5.41, 5.74) is 2.92. The number of ether oxygens (including phenoxy) is 1. The van der Waals surface area contributed by atoms with Gasteiger partial charge in [-0.05, 0) is 51.1 Å². The minimum atomic E-state index is -0.0177. The summed E-state index contributed by atoms with van der Waals surface area (Å²) in [5, 5.41) is 3.62. The second-order valence-corrected chi connectivity index (χ2v) is 6.74. The Kier molecular flexibility index (Phi) is 6.30. The Morgan fingerprint density at radius 2 is 2.00 bits per heavy atom. The van der Waals surface area contributed by atoms with Crippen molar-refractivity contribution in [3.05, 3.63) is 78.7 Å². The van der Waals surface area contributed by atoms with Crippen molar-refractivity contribution in [2.45, 2.75) is 39.0 Å². The van der Waals surface area contributed by atoms with Crippen LogP contribution in [0.5, 0.6) is 0 Å². The van der Waals surface area contributed by atoms with Crippen LogP contribution in [0.2, 0.25) is 0 Å². The molecule has 0 saturated carbocycles. The van der Waals surface area contributed by atoms with Gasteiger partial charge in [0.1, 0.15) is 11.9 Å². The molecule has 0 spiro atoms. The number of rotatable bonds is 6. The number of morpholine rings is 1. The monoisotopic (exact) mass is 363 g/mol. The summed E-state index contributed by atoms with van der Waals surface area (Å²) in [4.78, 5) is 6.99. The van der Waals surface area contributed by atoms with Crippen molar-refractivity contribution >= 4 is 11.4 Å². The van der Waals surface area contributed by atoms with Crippen LogP contribution in [0, 0.1) is 0 Å². The van der Waals surface area contributed by atoms with Gasteiger partial charge in [0.15, 0.2) is 0 Å². The standard InChI is InChI=1S/C23H29N3O/c1-5-18(25-19-11-9-8-10-12-19)15-22-17(4)24-21-14-13-20(16-23(21)27-22)26(6-2)7-3/h5,8-17,21,23-24H,1,6-7H2,2-4H3/b22-15+,25-18?. The third kappa shape index (κ3) is 4.58. The molecule has 3 rings (SSSR count). The van der Waals surface area contributed by atoms with Gasteiger partial charge in [-0.25, -0.2) is 4.99 Å². The molecule has 1 fully saturated rings. The molecule has 1 saturated heterocycles. The molecule has 0 bridgehead atoms. The van der Waals surface area contributed by atoms with Crippen LogP contribution < -0.4 is 5.32 Å². The molecule has 27 heavy (non-hydrogen) atoms. The highest BCUT2D eigenvalue weighted by atomic mass is 16.5. The molecule has 3 atom stereocenters. The molecule has 1 N–H and O–H groups in total. The molecule has 1 aromatic rings. The van der Waals surface area contributed by atoms with Gasteiger partial charge < -0.3 is 9.64 Å². The fourth-order valence-electron chi connectivity index (χ4n) is 3.42. The molecule has 1 heterocycles.